The van der Waals surface area contributed by atoms with Gasteiger partial charge in [0.2, 0.25) is 0 Å². The highest BCUT2D eigenvalue weighted by Crippen LogP contribution is 2.26. The van der Waals surface area contributed by atoms with Crippen LogP contribution in [-0.4, -0.2) is 53.3 Å². The molecule has 6 nitrogen and oxygen atoms in total. The van der Waals surface area contributed by atoms with Gasteiger partial charge in [-0.1, -0.05) is 13.8 Å². The molecular weight excluding hydrogens is 320 g/mol. The van der Waals surface area contributed by atoms with Gasteiger partial charge in [-0.05, 0) is 51.0 Å². The molecule has 0 aliphatic carbocycles. The van der Waals surface area contributed by atoms with E-state index in [9.17, 15) is 9.59 Å². The maximum atomic E-state index is 12.4. The van der Waals surface area contributed by atoms with Crippen LogP contribution in [0.2, 0.25) is 0 Å². The number of aromatic carboxylic acids is 1. The first-order valence-electron chi connectivity index (χ1n) is 8.66. The highest BCUT2D eigenvalue weighted by molar-refractivity contribution is 5.88. The summed E-state index contributed by atoms with van der Waals surface area (Å²) >= 11 is 0. The van der Waals surface area contributed by atoms with Gasteiger partial charge in [0.1, 0.15) is 5.60 Å². The van der Waals surface area contributed by atoms with E-state index in [-0.39, 0.29) is 17.7 Å². The number of nitrogens with zero attached hydrogens (tertiary/aromatic N) is 2. The molecule has 2 rings (SSSR count). The van der Waals surface area contributed by atoms with Crippen molar-refractivity contribution in [3.05, 3.63) is 29.8 Å². The highest BCUT2D eigenvalue weighted by Gasteiger charge is 2.33. The first kappa shape index (κ1) is 19.1. The second-order valence-electron chi connectivity index (χ2n) is 7.78. The molecule has 1 aliphatic rings. The summed E-state index contributed by atoms with van der Waals surface area (Å²) in [6, 6.07) is 7.06. The number of amides is 1. The molecule has 1 unspecified atom stereocenters. The molecule has 0 spiro atoms. The van der Waals surface area contributed by atoms with Crippen LogP contribution < -0.4 is 4.90 Å². The van der Waals surface area contributed by atoms with Crippen molar-refractivity contribution >= 4 is 17.7 Å². The van der Waals surface area contributed by atoms with E-state index in [2.05, 4.69) is 18.7 Å². The predicted octanol–water partition coefficient (Wildman–Crippen LogP) is 3.47. The van der Waals surface area contributed by atoms with Gasteiger partial charge < -0.3 is 19.6 Å². The molecule has 1 fully saturated rings. The number of carboxylic acids is 1. The van der Waals surface area contributed by atoms with Gasteiger partial charge in [0.05, 0.1) is 5.56 Å². The predicted molar refractivity (Wildman–Crippen MR) is 97.2 cm³/mol. The topological polar surface area (TPSA) is 70.1 Å². The van der Waals surface area contributed by atoms with Gasteiger partial charge in [-0.2, -0.15) is 0 Å². The molecule has 25 heavy (non-hydrogen) atoms. The third-order valence-corrected chi connectivity index (χ3v) is 4.29. The summed E-state index contributed by atoms with van der Waals surface area (Å²) in [6.07, 6.45) is -0.279. The number of rotatable bonds is 3. The molecule has 1 aliphatic heterocycles. The minimum Gasteiger partial charge on any atom is -0.478 e. The van der Waals surface area contributed by atoms with Crippen molar-refractivity contribution in [1.29, 1.82) is 0 Å². The van der Waals surface area contributed by atoms with Crippen molar-refractivity contribution in [3.63, 3.8) is 0 Å². The lowest BCUT2D eigenvalue weighted by molar-refractivity contribution is 0.0201. The molecule has 1 heterocycles. The normalized spacial score (nSPS) is 18.4. The first-order valence-corrected chi connectivity index (χ1v) is 8.66. The van der Waals surface area contributed by atoms with Crippen LogP contribution in [0.1, 0.15) is 45.0 Å². The zero-order valence-electron chi connectivity index (χ0n) is 15.7. The number of hydrogen-bond donors (Lipinski definition) is 1. The van der Waals surface area contributed by atoms with E-state index in [4.69, 9.17) is 9.84 Å². The third kappa shape index (κ3) is 4.87. The Kier molecular flexibility index (Phi) is 5.60. The standard InChI is InChI=1S/C19H28N2O4/c1-13(2)16-12-20(18(24)25-19(3,4)5)10-11-21(16)15-8-6-14(7-9-15)17(22)23/h6-9,13,16H,10-12H2,1-5H3,(H,22,23). The largest absolute Gasteiger partial charge is 0.478 e. The molecule has 1 aromatic rings. The van der Waals surface area contributed by atoms with Crippen LogP contribution in [-0.2, 0) is 4.74 Å². The van der Waals surface area contributed by atoms with Crippen LogP contribution in [0.5, 0.6) is 0 Å². The number of anilines is 1. The number of carboxylic acid groups (broad SMARTS) is 1. The van der Waals surface area contributed by atoms with Gasteiger partial charge in [-0.3, -0.25) is 0 Å². The van der Waals surface area contributed by atoms with Gasteiger partial charge in [0.15, 0.2) is 0 Å². The van der Waals surface area contributed by atoms with Gasteiger partial charge in [-0.25, -0.2) is 9.59 Å². The Morgan fingerprint density at radius 2 is 1.76 bits per heavy atom. The van der Waals surface area contributed by atoms with Crippen molar-refractivity contribution in [2.45, 2.75) is 46.3 Å². The molecule has 1 atom stereocenters. The zero-order chi connectivity index (χ0) is 18.8. The molecule has 1 aromatic carbocycles. The molecular formula is C19H28N2O4. The van der Waals surface area contributed by atoms with E-state index in [1.165, 1.54) is 0 Å². The summed E-state index contributed by atoms with van der Waals surface area (Å²) in [7, 11) is 0. The Labute approximate surface area is 149 Å². The van der Waals surface area contributed by atoms with Crippen molar-refractivity contribution in [3.8, 4) is 0 Å². The van der Waals surface area contributed by atoms with E-state index in [1.807, 2.05) is 32.9 Å². The highest BCUT2D eigenvalue weighted by atomic mass is 16.6. The fourth-order valence-corrected chi connectivity index (χ4v) is 2.99. The molecule has 0 saturated carbocycles. The number of carbonyl (C=O) groups is 2. The SMILES string of the molecule is CC(C)C1CN(C(=O)OC(C)(C)C)CCN1c1ccc(C(=O)O)cc1. The maximum Gasteiger partial charge on any atom is 0.410 e. The molecule has 0 bridgehead atoms. The lowest BCUT2D eigenvalue weighted by Crippen LogP contribution is -2.57. The Balaban J connectivity index is 2.14. The molecule has 1 amide bonds. The molecule has 1 saturated heterocycles. The van der Waals surface area contributed by atoms with E-state index in [0.29, 0.717) is 25.6 Å². The van der Waals surface area contributed by atoms with Crippen molar-refractivity contribution in [2.75, 3.05) is 24.5 Å². The van der Waals surface area contributed by atoms with Crippen LogP contribution in [0.3, 0.4) is 0 Å². The summed E-state index contributed by atoms with van der Waals surface area (Å²) in [5, 5.41) is 9.04. The van der Waals surface area contributed by atoms with E-state index in [1.54, 1.807) is 17.0 Å². The monoisotopic (exact) mass is 348 g/mol. The lowest BCUT2D eigenvalue weighted by Gasteiger charge is -2.44. The second-order valence-corrected chi connectivity index (χ2v) is 7.78. The molecule has 1 N–H and O–H groups in total. The van der Waals surface area contributed by atoms with Crippen LogP contribution in [0, 0.1) is 5.92 Å². The summed E-state index contributed by atoms with van der Waals surface area (Å²) < 4.78 is 5.49. The van der Waals surface area contributed by atoms with Crippen LogP contribution >= 0.6 is 0 Å². The number of piperazine rings is 1. The van der Waals surface area contributed by atoms with Gasteiger partial charge in [0, 0.05) is 31.4 Å². The van der Waals surface area contributed by atoms with E-state index in [0.717, 1.165) is 5.69 Å². The fraction of sp³-hybridized carbons (Fsp3) is 0.579. The number of hydrogen-bond acceptors (Lipinski definition) is 4. The molecule has 0 radical (unpaired) electrons. The van der Waals surface area contributed by atoms with Crippen LogP contribution in [0.25, 0.3) is 0 Å². The summed E-state index contributed by atoms with van der Waals surface area (Å²) in [4.78, 5) is 27.4. The Morgan fingerprint density at radius 3 is 2.24 bits per heavy atom. The Hall–Kier alpha value is -2.24. The Morgan fingerprint density at radius 1 is 1.16 bits per heavy atom. The quantitative estimate of drug-likeness (QED) is 0.906. The van der Waals surface area contributed by atoms with E-state index >= 15 is 0 Å². The maximum absolute atomic E-state index is 12.4. The van der Waals surface area contributed by atoms with Crippen LogP contribution in [0.15, 0.2) is 24.3 Å². The van der Waals surface area contributed by atoms with Crippen molar-refractivity contribution < 1.29 is 19.4 Å². The lowest BCUT2D eigenvalue weighted by atomic mass is 9.98. The van der Waals surface area contributed by atoms with Gasteiger partial charge in [-0.15, -0.1) is 0 Å². The average molecular weight is 348 g/mol. The average Bonchev–Trinajstić information content (AvgIpc) is 2.52. The zero-order valence-corrected chi connectivity index (χ0v) is 15.7. The van der Waals surface area contributed by atoms with Crippen LogP contribution in [0.4, 0.5) is 10.5 Å². The number of carbonyl (C=O) groups excluding carboxylic acids is 1. The van der Waals surface area contributed by atoms with Crippen molar-refractivity contribution in [1.82, 2.24) is 4.90 Å². The molecule has 138 valence electrons. The molecule has 0 aromatic heterocycles. The summed E-state index contributed by atoms with van der Waals surface area (Å²) in [5.41, 5.74) is 0.749. The van der Waals surface area contributed by atoms with E-state index < -0.39 is 11.6 Å². The minimum atomic E-state index is -0.929. The number of benzene rings is 1. The smallest absolute Gasteiger partial charge is 0.410 e. The van der Waals surface area contributed by atoms with Gasteiger partial charge in [0.25, 0.3) is 0 Å². The first-order chi connectivity index (χ1) is 11.6. The van der Waals surface area contributed by atoms with Gasteiger partial charge >= 0.3 is 12.1 Å². The molecule has 6 heteroatoms. The van der Waals surface area contributed by atoms with Crippen molar-refractivity contribution in [2.24, 2.45) is 5.92 Å². The Bertz CT molecular complexity index is 619. The number of ether oxygens (including phenoxy) is 1. The second kappa shape index (κ2) is 7.33. The third-order valence-electron chi connectivity index (χ3n) is 4.29. The fourth-order valence-electron chi connectivity index (χ4n) is 2.99. The summed E-state index contributed by atoms with van der Waals surface area (Å²) in [5.74, 6) is -0.592. The summed E-state index contributed by atoms with van der Waals surface area (Å²) in [6.45, 7) is 11.7. The minimum absolute atomic E-state index is 0.150.